The number of nitrogens with zero attached hydrogens (tertiary/aromatic N) is 3. The summed E-state index contributed by atoms with van der Waals surface area (Å²) in [5, 5.41) is 13.3. The average molecular weight is 304 g/mol. The summed E-state index contributed by atoms with van der Waals surface area (Å²) in [6, 6.07) is 7.84. The van der Waals surface area contributed by atoms with E-state index in [1.807, 2.05) is 35.3 Å². The maximum Gasteiger partial charge on any atom is 0.0992 e. The Labute approximate surface area is 115 Å². The fourth-order valence-electron chi connectivity index (χ4n) is 1.81. The predicted molar refractivity (Wildman–Crippen MR) is 74.9 cm³/mol. The van der Waals surface area contributed by atoms with Crippen LogP contribution < -0.4 is 0 Å². The third-order valence-electron chi connectivity index (χ3n) is 2.55. The second-order valence-corrected chi connectivity index (χ2v) is 5.60. The maximum absolute atomic E-state index is 8.97. The number of rotatable bonds is 3. The van der Waals surface area contributed by atoms with E-state index in [-0.39, 0.29) is 0 Å². The minimum Gasteiger partial charge on any atom is -0.272 e. The van der Waals surface area contributed by atoms with Crippen molar-refractivity contribution >= 4 is 15.9 Å². The molecule has 0 saturated heterocycles. The van der Waals surface area contributed by atoms with E-state index in [1.165, 1.54) is 0 Å². The number of halogens is 1. The van der Waals surface area contributed by atoms with Crippen LogP contribution in [0, 0.1) is 17.2 Å². The van der Waals surface area contributed by atoms with Crippen LogP contribution in [0.2, 0.25) is 0 Å². The molecule has 0 radical (unpaired) electrons. The largest absolute Gasteiger partial charge is 0.272 e. The first-order chi connectivity index (χ1) is 8.58. The summed E-state index contributed by atoms with van der Waals surface area (Å²) in [5.41, 5.74) is 2.69. The van der Waals surface area contributed by atoms with E-state index < -0.39 is 0 Å². The topological polar surface area (TPSA) is 41.6 Å². The number of aromatic nitrogens is 2. The fraction of sp³-hybridized carbons (Fsp3) is 0.286. The quantitative estimate of drug-likeness (QED) is 0.864. The van der Waals surface area contributed by atoms with Crippen molar-refractivity contribution in [3.63, 3.8) is 0 Å². The van der Waals surface area contributed by atoms with Crippen LogP contribution in [-0.2, 0) is 6.54 Å². The molecule has 1 aromatic carbocycles. The molecular weight excluding hydrogens is 290 g/mol. The van der Waals surface area contributed by atoms with E-state index in [0.29, 0.717) is 11.5 Å². The van der Waals surface area contributed by atoms with E-state index >= 15 is 0 Å². The van der Waals surface area contributed by atoms with Gasteiger partial charge in [-0.2, -0.15) is 10.4 Å². The Hall–Kier alpha value is -1.60. The molecule has 2 rings (SSSR count). The third-order valence-corrected chi connectivity index (χ3v) is 3.00. The van der Waals surface area contributed by atoms with Gasteiger partial charge in [-0.25, -0.2) is 0 Å². The lowest BCUT2D eigenvalue weighted by Crippen LogP contribution is -2.03. The molecule has 0 N–H and O–H groups in total. The van der Waals surface area contributed by atoms with Crippen molar-refractivity contribution in [2.75, 3.05) is 0 Å². The lowest BCUT2D eigenvalue weighted by molar-refractivity contribution is 0.483. The van der Waals surface area contributed by atoms with Gasteiger partial charge in [0.25, 0.3) is 0 Å². The van der Waals surface area contributed by atoms with Gasteiger partial charge in [0.05, 0.1) is 17.8 Å². The van der Waals surface area contributed by atoms with Crippen molar-refractivity contribution in [2.45, 2.75) is 20.4 Å². The lowest BCUT2D eigenvalue weighted by atomic mass is 10.1. The van der Waals surface area contributed by atoms with Crippen molar-refractivity contribution < 1.29 is 0 Å². The number of hydrogen-bond donors (Lipinski definition) is 0. The second-order valence-electron chi connectivity index (χ2n) is 4.69. The second kappa shape index (κ2) is 5.36. The van der Waals surface area contributed by atoms with E-state index in [0.717, 1.165) is 22.1 Å². The molecule has 1 aromatic heterocycles. The van der Waals surface area contributed by atoms with Gasteiger partial charge >= 0.3 is 0 Å². The zero-order chi connectivity index (χ0) is 13.1. The van der Waals surface area contributed by atoms with Crippen LogP contribution in [0.25, 0.3) is 11.1 Å². The fourth-order valence-corrected chi connectivity index (χ4v) is 2.30. The highest BCUT2D eigenvalue weighted by atomic mass is 79.9. The summed E-state index contributed by atoms with van der Waals surface area (Å²) in [6.07, 6.45) is 3.86. The molecule has 92 valence electrons. The first-order valence-electron chi connectivity index (χ1n) is 5.82. The van der Waals surface area contributed by atoms with Crippen LogP contribution in [0.1, 0.15) is 19.4 Å². The smallest absolute Gasteiger partial charge is 0.0992 e. The van der Waals surface area contributed by atoms with Gasteiger partial charge in [0, 0.05) is 22.8 Å². The SMILES string of the molecule is CC(C)Cn1cc(-c2cc(Br)cc(C#N)c2)cn1. The Morgan fingerprint density at radius 2 is 2.11 bits per heavy atom. The Balaban J connectivity index is 2.34. The summed E-state index contributed by atoms with van der Waals surface area (Å²) in [4.78, 5) is 0. The van der Waals surface area contributed by atoms with Crippen LogP contribution >= 0.6 is 15.9 Å². The van der Waals surface area contributed by atoms with E-state index in [9.17, 15) is 0 Å². The van der Waals surface area contributed by atoms with E-state index in [2.05, 4.69) is 40.9 Å². The molecule has 0 fully saturated rings. The summed E-state index contributed by atoms with van der Waals surface area (Å²) in [5.74, 6) is 0.565. The summed E-state index contributed by atoms with van der Waals surface area (Å²) in [7, 11) is 0. The third kappa shape index (κ3) is 2.99. The molecule has 0 amide bonds. The Morgan fingerprint density at radius 1 is 1.33 bits per heavy atom. The monoisotopic (exact) mass is 303 g/mol. The van der Waals surface area contributed by atoms with Crippen LogP contribution in [0.4, 0.5) is 0 Å². The van der Waals surface area contributed by atoms with Crippen LogP contribution in [0.5, 0.6) is 0 Å². The van der Waals surface area contributed by atoms with E-state index in [1.54, 1.807) is 0 Å². The van der Waals surface area contributed by atoms with Gasteiger partial charge in [-0.05, 0) is 29.7 Å². The van der Waals surface area contributed by atoms with Gasteiger partial charge in [0.15, 0.2) is 0 Å². The van der Waals surface area contributed by atoms with Crippen LogP contribution in [0.3, 0.4) is 0 Å². The van der Waals surface area contributed by atoms with Gasteiger partial charge in [-0.3, -0.25) is 4.68 Å². The van der Waals surface area contributed by atoms with Crippen molar-refractivity contribution in [3.05, 3.63) is 40.6 Å². The Morgan fingerprint density at radius 3 is 2.78 bits per heavy atom. The molecule has 0 unspecified atom stereocenters. The van der Waals surface area contributed by atoms with Gasteiger partial charge in [-0.1, -0.05) is 29.8 Å². The Bertz CT molecular complexity index is 593. The lowest BCUT2D eigenvalue weighted by Gasteiger charge is -2.03. The molecule has 1 heterocycles. The van der Waals surface area contributed by atoms with Crippen LogP contribution in [-0.4, -0.2) is 9.78 Å². The highest BCUT2D eigenvalue weighted by molar-refractivity contribution is 9.10. The number of nitriles is 1. The highest BCUT2D eigenvalue weighted by Gasteiger charge is 2.05. The molecule has 0 saturated carbocycles. The van der Waals surface area contributed by atoms with Crippen molar-refractivity contribution in [2.24, 2.45) is 5.92 Å². The average Bonchev–Trinajstić information content (AvgIpc) is 2.75. The predicted octanol–water partition coefficient (Wildman–Crippen LogP) is 3.84. The molecule has 0 bridgehead atoms. The zero-order valence-electron chi connectivity index (χ0n) is 10.4. The first-order valence-corrected chi connectivity index (χ1v) is 6.61. The normalized spacial score (nSPS) is 10.6. The zero-order valence-corrected chi connectivity index (χ0v) is 12.0. The van der Waals surface area contributed by atoms with Gasteiger partial charge < -0.3 is 0 Å². The highest BCUT2D eigenvalue weighted by Crippen LogP contribution is 2.24. The molecule has 18 heavy (non-hydrogen) atoms. The molecule has 0 atom stereocenters. The van der Waals surface area contributed by atoms with Crippen molar-refractivity contribution in [3.8, 4) is 17.2 Å². The first kappa shape index (κ1) is 12.8. The molecule has 3 nitrogen and oxygen atoms in total. The summed E-state index contributed by atoms with van der Waals surface area (Å²) in [6.45, 7) is 5.22. The minimum absolute atomic E-state index is 0.565. The molecule has 2 aromatic rings. The standard InChI is InChI=1S/C14H14BrN3/c1-10(2)8-18-9-13(7-17-18)12-3-11(6-16)4-14(15)5-12/h3-5,7,9-10H,8H2,1-2H3. The van der Waals surface area contributed by atoms with Gasteiger partial charge in [0.1, 0.15) is 0 Å². The molecule has 0 aliphatic heterocycles. The molecule has 4 heteroatoms. The maximum atomic E-state index is 8.97. The number of hydrogen-bond acceptors (Lipinski definition) is 2. The van der Waals surface area contributed by atoms with E-state index in [4.69, 9.17) is 5.26 Å². The van der Waals surface area contributed by atoms with Gasteiger partial charge in [0.2, 0.25) is 0 Å². The van der Waals surface area contributed by atoms with Crippen molar-refractivity contribution in [1.82, 2.24) is 9.78 Å². The summed E-state index contributed by atoms with van der Waals surface area (Å²) >= 11 is 3.42. The Kier molecular flexibility index (Phi) is 3.83. The molecule has 0 aliphatic rings. The minimum atomic E-state index is 0.565. The summed E-state index contributed by atoms with van der Waals surface area (Å²) < 4.78 is 2.85. The van der Waals surface area contributed by atoms with Crippen molar-refractivity contribution in [1.29, 1.82) is 5.26 Å². The molecular formula is C14H14BrN3. The van der Waals surface area contributed by atoms with Gasteiger partial charge in [-0.15, -0.1) is 0 Å². The number of benzene rings is 1. The van der Waals surface area contributed by atoms with Crippen LogP contribution in [0.15, 0.2) is 35.1 Å². The molecule has 0 spiro atoms. The molecule has 0 aliphatic carbocycles.